The molecule has 1 aliphatic rings. The van der Waals surface area contributed by atoms with Crippen molar-refractivity contribution in [2.75, 3.05) is 19.0 Å². The first kappa shape index (κ1) is 25.3. The summed E-state index contributed by atoms with van der Waals surface area (Å²) in [7, 11) is -3.94. The second-order valence-electron chi connectivity index (χ2n) is 7.88. The van der Waals surface area contributed by atoms with Gasteiger partial charge in [0.15, 0.2) is 0 Å². The van der Waals surface area contributed by atoms with Gasteiger partial charge in [0.1, 0.15) is 16.4 Å². The summed E-state index contributed by atoms with van der Waals surface area (Å²) in [5.74, 6) is 0.864. The Hall–Kier alpha value is -2.31. The Morgan fingerprint density at radius 3 is 2.61 bits per heavy atom. The highest BCUT2D eigenvalue weighted by atomic mass is 35.5. The predicted octanol–water partition coefficient (Wildman–Crippen LogP) is 4.60. The van der Waals surface area contributed by atoms with E-state index in [-0.39, 0.29) is 41.2 Å². The van der Waals surface area contributed by atoms with Crippen LogP contribution in [0.4, 0.5) is 0 Å². The SMILES string of the molecule is Cc1cc(Cl)cc(Oc2ccc(C#N)cc2S(=O)(=O)N2CCC(NC(=O)CCCCl)CC2)c1. The zero-order chi connectivity index (χ0) is 24.0. The van der Waals surface area contributed by atoms with E-state index < -0.39 is 10.0 Å². The van der Waals surface area contributed by atoms with Crippen LogP contribution >= 0.6 is 23.2 Å². The van der Waals surface area contributed by atoms with Gasteiger partial charge in [-0.25, -0.2) is 8.42 Å². The topological polar surface area (TPSA) is 99.5 Å². The Kier molecular flexibility index (Phi) is 8.60. The van der Waals surface area contributed by atoms with Gasteiger partial charge in [-0.3, -0.25) is 4.79 Å². The number of nitrogens with one attached hydrogen (secondary N) is 1. The molecule has 0 spiro atoms. The number of rotatable bonds is 8. The quantitative estimate of drug-likeness (QED) is 0.524. The van der Waals surface area contributed by atoms with E-state index in [4.69, 9.17) is 27.9 Å². The second kappa shape index (κ2) is 11.2. The molecule has 1 N–H and O–H groups in total. The molecule has 0 radical (unpaired) electrons. The minimum absolute atomic E-state index is 0.0776. The first-order chi connectivity index (χ1) is 15.7. The smallest absolute Gasteiger partial charge is 0.246 e. The molecule has 0 aromatic heterocycles. The molecule has 0 saturated carbocycles. The summed E-state index contributed by atoms with van der Waals surface area (Å²) in [6, 6.07) is 11.3. The fourth-order valence-electron chi connectivity index (χ4n) is 3.66. The fourth-order valence-corrected chi connectivity index (χ4v) is 5.68. The zero-order valence-electron chi connectivity index (χ0n) is 18.2. The normalized spacial score (nSPS) is 15.1. The molecular weight excluding hydrogens is 485 g/mol. The van der Waals surface area contributed by atoms with E-state index in [1.54, 1.807) is 18.2 Å². The molecule has 1 heterocycles. The van der Waals surface area contributed by atoms with Crippen molar-refractivity contribution in [3.05, 3.63) is 52.5 Å². The largest absolute Gasteiger partial charge is 0.456 e. The van der Waals surface area contributed by atoms with Crippen LogP contribution in [0.15, 0.2) is 41.3 Å². The van der Waals surface area contributed by atoms with Gasteiger partial charge < -0.3 is 10.1 Å². The summed E-state index contributed by atoms with van der Waals surface area (Å²) >= 11 is 11.7. The van der Waals surface area contributed by atoms with Crippen LogP contribution in [0, 0.1) is 18.3 Å². The molecule has 1 amide bonds. The highest BCUT2D eigenvalue weighted by Crippen LogP contribution is 2.34. The maximum Gasteiger partial charge on any atom is 0.246 e. The molecule has 33 heavy (non-hydrogen) atoms. The first-order valence-electron chi connectivity index (χ1n) is 10.6. The van der Waals surface area contributed by atoms with E-state index >= 15 is 0 Å². The molecule has 3 rings (SSSR count). The van der Waals surface area contributed by atoms with Gasteiger partial charge in [-0.15, -0.1) is 11.6 Å². The average molecular weight is 510 g/mol. The van der Waals surface area contributed by atoms with E-state index in [0.29, 0.717) is 42.3 Å². The average Bonchev–Trinajstić information content (AvgIpc) is 2.77. The minimum atomic E-state index is -3.94. The number of hydrogen-bond acceptors (Lipinski definition) is 5. The highest BCUT2D eigenvalue weighted by molar-refractivity contribution is 7.89. The van der Waals surface area contributed by atoms with Crippen LogP contribution in [0.3, 0.4) is 0 Å². The van der Waals surface area contributed by atoms with Crippen LogP contribution in [0.2, 0.25) is 5.02 Å². The van der Waals surface area contributed by atoms with Crippen molar-refractivity contribution in [3.63, 3.8) is 0 Å². The van der Waals surface area contributed by atoms with Crippen molar-refractivity contribution >= 4 is 39.1 Å². The number of carbonyl (C=O) groups excluding carboxylic acids is 1. The van der Waals surface area contributed by atoms with Crippen LogP contribution in [0.1, 0.15) is 36.8 Å². The second-order valence-corrected chi connectivity index (χ2v) is 10.6. The van der Waals surface area contributed by atoms with E-state index in [1.165, 1.54) is 22.5 Å². The summed E-state index contributed by atoms with van der Waals surface area (Å²) in [6.07, 6.45) is 1.94. The maximum absolute atomic E-state index is 13.5. The lowest BCUT2D eigenvalue weighted by Gasteiger charge is -2.32. The minimum Gasteiger partial charge on any atom is -0.456 e. The van der Waals surface area contributed by atoms with Crippen LogP contribution in [-0.2, 0) is 14.8 Å². The molecule has 10 heteroatoms. The van der Waals surface area contributed by atoms with E-state index in [0.717, 1.165) is 5.56 Å². The number of nitriles is 1. The van der Waals surface area contributed by atoms with Crippen molar-refractivity contribution in [1.29, 1.82) is 5.26 Å². The molecular formula is C23H25Cl2N3O4S. The molecule has 176 valence electrons. The van der Waals surface area contributed by atoms with E-state index in [2.05, 4.69) is 5.32 Å². The summed E-state index contributed by atoms with van der Waals surface area (Å²) in [5, 5.41) is 12.7. The standard InChI is InChI=1S/C23H25Cl2N3O4S/c1-16-11-18(25)14-20(12-16)32-21-5-4-17(15-26)13-22(21)33(30,31)28-9-6-19(7-10-28)27-23(29)3-2-8-24/h4-5,11-14,19H,2-3,6-10H2,1H3,(H,27,29). The van der Waals surface area contributed by atoms with Crippen LogP contribution in [0.25, 0.3) is 0 Å². The fraction of sp³-hybridized carbons (Fsp3) is 0.391. The molecule has 7 nitrogen and oxygen atoms in total. The molecule has 0 aliphatic carbocycles. The van der Waals surface area contributed by atoms with Crippen molar-refractivity contribution in [3.8, 4) is 17.6 Å². The zero-order valence-corrected chi connectivity index (χ0v) is 20.5. The van der Waals surface area contributed by atoms with Gasteiger partial charge in [0.2, 0.25) is 15.9 Å². The van der Waals surface area contributed by atoms with E-state index in [9.17, 15) is 18.5 Å². The van der Waals surface area contributed by atoms with Gasteiger partial charge >= 0.3 is 0 Å². The number of aryl methyl sites for hydroxylation is 1. The number of ether oxygens (including phenoxy) is 1. The number of piperidine rings is 1. The van der Waals surface area contributed by atoms with Crippen molar-refractivity contribution in [2.45, 2.75) is 43.5 Å². The Bertz CT molecular complexity index is 1140. The lowest BCUT2D eigenvalue weighted by atomic mass is 10.1. The first-order valence-corrected chi connectivity index (χ1v) is 12.9. The molecule has 2 aromatic rings. The van der Waals surface area contributed by atoms with Crippen LogP contribution < -0.4 is 10.1 Å². The number of carbonyl (C=O) groups is 1. The Balaban J connectivity index is 1.80. The number of hydrogen-bond donors (Lipinski definition) is 1. The van der Waals surface area contributed by atoms with Crippen molar-refractivity contribution in [2.24, 2.45) is 0 Å². The number of alkyl halides is 1. The number of sulfonamides is 1. The lowest BCUT2D eigenvalue weighted by molar-refractivity contribution is -0.122. The Labute approximate surface area is 204 Å². The summed E-state index contributed by atoms with van der Waals surface area (Å²) in [4.78, 5) is 11.9. The maximum atomic E-state index is 13.5. The monoisotopic (exact) mass is 509 g/mol. The molecule has 1 aliphatic heterocycles. The summed E-state index contributed by atoms with van der Waals surface area (Å²) in [5.41, 5.74) is 1.08. The summed E-state index contributed by atoms with van der Waals surface area (Å²) in [6.45, 7) is 2.35. The number of halogens is 2. The lowest BCUT2D eigenvalue weighted by Crippen LogP contribution is -2.46. The highest BCUT2D eigenvalue weighted by Gasteiger charge is 2.32. The molecule has 1 fully saturated rings. The van der Waals surface area contributed by atoms with Crippen LogP contribution in [0.5, 0.6) is 11.5 Å². The molecule has 1 saturated heterocycles. The molecule has 0 unspecified atom stereocenters. The molecule has 0 atom stereocenters. The van der Waals surface area contributed by atoms with Gasteiger partial charge in [-0.2, -0.15) is 9.57 Å². The Morgan fingerprint density at radius 2 is 1.97 bits per heavy atom. The van der Waals surface area contributed by atoms with Crippen molar-refractivity contribution < 1.29 is 17.9 Å². The molecule has 0 bridgehead atoms. The van der Waals surface area contributed by atoms with Gasteiger partial charge in [0, 0.05) is 36.5 Å². The number of nitrogens with zero attached hydrogens (tertiary/aromatic N) is 2. The molecule has 2 aromatic carbocycles. The Morgan fingerprint density at radius 1 is 1.24 bits per heavy atom. The third-order valence-electron chi connectivity index (χ3n) is 5.29. The number of amides is 1. The van der Waals surface area contributed by atoms with Gasteiger partial charge in [0.05, 0.1) is 11.6 Å². The van der Waals surface area contributed by atoms with Gasteiger partial charge in [-0.1, -0.05) is 11.6 Å². The van der Waals surface area contributed by atoms with Gasteiger partial charge in [-0.05, 0) is 68.1 Å². The predicted molar refractivity (Wildman–Crippen MR) is 127 cm³/mol. The van der Waals surface area contributed by atoms with Crippen molar-refractivity contribution in [1.82, 2.24) is 9.62 Å². The number of benzene rings is 2. The summed E-state index contributed by atoms with van der Waals surface area (Å²) < 4.78 is 34.2. The van der Waals surface area contributed by atoms with E-state index in [1.807, 2.05) is 13.0 Å². The third-order valence-corrected chi connectivity index (χ3v) is 7.70. The van der Waals surface area contributed by atoms with Gasteiger partial charge in [0.25, 0.3) is 0 Å². The van der Waals surface area contributed by atoms with Crippen LogP contribution in [-0.4, -0.2) is 43.6 Å². The third kappa shape index (κ3) is 6.61.